The van der Waals surface area contributed by atoms with Crippen molar-refractivity contribution in [3.63, 3.8) is 0 Å². The maximum atomic E-state index is 10.6. The molecule has 0 aliphatic rings. The van der Waals surface area contributed by atoms with E-state index in [4.69, 9.17) is 9.47 Å². The van der Waals surface area contributed by atoms with Gasteiger partial charge in [-0.05, 0) is 20.8 Å². The smallest absolute Gasteiger partial charge is 0.353 e. The van der Waals surface area contributed by atoms with Crippen LogP contribution >= 0.6 is 0 Å². The van der Waals surface area contributed by atoms with Crippen molar-refractivity contribution in [2.45, 2.75) is 33.4 Å². The second-order valence-corrected chi connectivity index (χ2v) is 2.43. The molecule has 0 heterocycles. The molecule has 5 heteroatoms. The van der Waals surface area contributed by atoms with Gasteiger partial charge in [0, 0.05) is 12.7 Å². The van der Waals surface area contributed by atoms with Crippen LogP contribution in [0, 0.1) is 0 Å². The highest BCUT2D eigenvalue weighted by atomic mass is 17.2. The van der Waals surface area contributed by atoms with Crippen molar-refractivity contribution in [3.05, 3.63) is 12.7 Å². The number of carbonyl (C=O) groups excluding carboxylic acids is 1. The molecule has 0 aromatic rings. The molecule has 0 aliphatic carbocycles. The van der Waals surface area contributed by atoms with Crippen LogP contribution in [-0.2, 0) is 24.0 Å². The van der Waals surface area contributed by atoms with E-state index in [1.165, 1.54) is 0 Å². The van der Waals surface area contributed by atoms with E-state index < -0.39 is 18.5 Å². The van der Waals surface area contributed by atoms with Gasteiger partial charge in [-0.3, -0.25) is 4.89 Å². The van der Waals surface area contributed by atoms with Gasteiger partial charge in [-0.2, -0.15) is 4.89 Å². The van der Waals surface area contributed by atoms with Gasteiger partial charge in [0.05, 0.1) is 0 Å². The number of carbonyl (C=O) groups is 1. The Morgan fingerprint density at radius 3 is 2.57 bits per heavy atom. The summed E-state index contributed by atoms with van der Waals surface area (Å²) in [6.45, 7) is 8.91. The van der Waals surface area contributed by atoms with E-state index in [0.717, 1.165) is 6.08 Å². The van der Waals surface area contributed by atoms with Crippen LogP contribution in [0.5, 0.6) is 0 Å². The largest absolute Gasteiger partial charge is 0.365 e. The summed E-state index contributed by atoms with van der Waals surface area (Å²) >= 11 is 0. The first kappa shape index (κ1) is 13.1. The van der Waals surface area contributed by atoms with Crippen LogP contribution in [0.2, 0.25) is 0 Å². The Labute approximate surface area is 83.5 Å². The van der Waals surface area contributed by atoms with Gasteiger partial charge in [0.25, 0.3) is 0 Å². The standard InChI is InChI=1S/C9H16O5/c1-5-9(10)14-13-8(4)12-7(3)11-6-2/h5,7-8H,1,6H2,2-4H3. The number of hydrogen-bond donors (Lipinski definition) is 0. The molecule has 0 saturated heterocycles. The lowest BCUT2D eigenvalue weighted by molar-refractivity contribution is -0.366. The highest BCUT2D eigenvalue weighted by Gasteiger charge is 2.10. The van der Waals surface area contributed by atoms with Crippen LogP contribution in [0.25, 0.3) is 0 Å². The van der Waals surface area contributed by atoms with Gasteiger partial charge in [-0.25, -0.2) is 4.79 Å². The molecule has 0 spiro atoms. The summed E-state index contributed by atoms with van der Waals surface area (Å²) < 4.78 is 10.2. The third-order valence-corrected chi connectivity index (χ3v) is 1.22. The Morgan fingerprint density at radius 2 is 2.07 bits per heavy atom. The van der Waals surface area contributed by atoms with E-state index >= 15 is 0 Å². The van der Waals surface area contributed by atoms with Gasteiger partial charge < -0.3 is 9.47 Å². The molecule has 0 amide bonds. The highest BCUT2D eigenvalue weighted by molar-refractivity contribution is 5.80. The van der Waals surface area contributed by atoms with E-state index in [9.17, 15) is 4.79 Å². The van der Waals surface area contributed by atoms with Crippen molar-refractivity contribution in [3.8, 4) is 0 Å². The van der Waals surface area contributed by atoms with Crippen molar-refractivity contribution in [1.82, 2.24) is 0 Å². The minimum atomic E-state index is -0.680. The Bertz CT molecular complexity index is 180. The van der Waals surface area contributed by atoms with Crippen molar-refractivity contribution in [2.75, 3.05) is 6.61 Å². The third-order valence-electron chi connectivity index (χ3n) is 1.22. The second kappa shape index (κ2) is 7.49. The fraction of sp³-hybridized carbons (Fsp3) is 0.667. The molecule has 0 aromatic carbocycles. The molecule has 2 atom stereocenters. The Hall–Kier alpha value is -0.910. The van der Waals surface area contributed by atoms with Crippen LogP contribution in [0.1, 0.15) is 20.8 Å². The molecule has 0 radical (unpaired) electrons. The maximum Gasteiger partial charge on any atom is 0.365 e. The van der Waals surface area contributed by atoms with Gasteiger partial charge in [-0.1, -0.05) is 6.58 Å². The average Bonchev–Trinajstić information content (AvgIpc) is 2.14. The molecule has 5 nitrogen and oxygen atoms in total. The maximum absolute atomic E-state index is 10.6. The summed E-state index contributed by atoms with van der Waals surface area (Å²) in [5.74, 6) is -0.662. The molecular weight excluding hydrogens is 188 g/mol. The quantitative estimate of drug-likeness (QED) is 0.271. The number of hydrogen-bond acceptors (Lipinski definition) is 5. The van der Waals surface area contributed by atoms with Gasteiger partial charge in [0.2, 0.25) is 6.29 Å². The first-order valence-corrected chi connectivity index (χ1v) is 4.37. The van der Waals surface area contributed by atoms with Gasteiger partial charge in [-0.15, -0.1) is 0 Å². The molecule has 0 aromatic heterocycles. The van der Waals surface area contributed by atoms with Gasteiger partial charge in [0.15, 0.2) is 6.29 Å². The van der Waals surface area contributed by atoms with Crippen molar-refractivity contribution in [2.24, 2.45) is 0 Å². The number of ether oxygens (including phenoxy) is 2. The molecule has 2 unspecified atom stereocenters. The molecule has 14 heavy (non-hydrogen) atoms. The normalized spacial score (nSPS) is 14.5. The van der Waals surface area contributed by atoms with Crippen LogP contribution in [0.3, 0.4) is 0 Å². The van der Waals surface area contributed by atoms with Crippen LogP contribution < -0.4 is 0 Å². The Kier molecular flexibility index (Phi) is 7.00. The lowest BCUT2D eigenvalue weighted by Gasteiger charge is -2.17. The summed E-state index contributed by atoms with van der Waals surface area (Å²) in [6.07, 6.45) is -0.0866. The highest BCUT2D eigenvalue weighted by Crippen LogP contribution is 2.01. The minimum Gasteiger partial charge on any atom is -0.353 e. The van der Waals surface area contributed by atoms with E-state index in [2.05, 4.69) is 16.4 Å². The molecule has 0 N–H and O–H groups in total. The summed E-state index contributed by atoms with van der Waals surface area (Å²) in [5.41, 5.74) is 0. The lowest BCUT2D eigenvalue weighted by Crippen LogP contribution is -2.23. The van der Waals surface area contributed by atoms with Crippen molar-refractivity contribution < 1.29 is 24.0 Å². The fourth-order valence-corrected chi connectivity index (χ4v) is 0.716. The van der Waals surface area contributed by atoms with E-state index in [1.54, 1.807) is 13.8 Å². The topological polar surface area (TPSA) is 54.0 Å². The Balaban J connectivity index is 3.58. The molecule has 0 aliphatic heterocycles. The monoisotopic (exact) mass is 204 g/mol. The van der Waals surface area contributed by atoms with E-state index in [1.807, 2.05) is 6.92 Å². The predicted molar refractivity (Wildman–Crippen MR) is 49.0 cm³/mol. The summed E-state index contributed by atoms with van der Waals surface area (Å²) in [6, 6.07) is 0. The molecular formula is C9H16O5. The van der Waals surface area contributed by atoms with Gasteiger partial charge >= 0.3 is 5.97 Å². The fourth-order valence-electron chi connectivity index (χ4n) is 0.716. The van der Waals surface area contributed by atoms with E-state index in [-0.39, 0.29) is 0 Å². The van der Waals surface area contributed by atoms with Crippen LogP contribution in [0.4, 0.5) is 0 Å². The average molecular weight is 204 g/mol. The summed E-state index contributed by atoms with van der Waals surface area (Å²) in [4.78, 5) is 19.5. The zero-order valence-corrected chi connectivity index (χ0v) is 8.69. The molecule has 82 valence electrons. The van der Waals surface area contributed by atoms with Crippen molar-refractivity contribution in [1.29, 1.82) is 0 Å². The first-order valence-electron chi connectivity index (χ1n) is 4.37. The predicted octanol–water partition coefficient (Wildman–Crippen LogP) is 1.39. The first-order chi connectivity index (χ1) is 6.60. The summed E-state index contributed by atoms with van der Waals surface area (Å²) in [7, 11) is 0. The molecule has 0 fully saturated rings. The van der Waals surface area contributed by atoms with Crippen LogP contribution in [0.15, 0.2) is 12.7 Å². The van der Waals surface area contributed by atoms with Gasteiger partial charge in [0.1, 0.15) is 0 Å². The van der Waals surface area contributed by atoms with Crippen LogP contribution in [-0.4, -0.2) is 25.2 Å². The minimum absolute atomic E-state index is 0.405. The zero-order valence-electron chi connectivity index (χ0n) is 8.69. The lowest BCUT2D eigenvalue weighted by atomic mass is 10.7. The molecule has 0 saturated carbocycles. The van der Waals surface area contributed by atoms with E-state index in [0.29, 0.717) is 6.61 Å². The summed E-state index contributed by atoms with van der Waals surface area (Å²) in [5, 5.41) is 0. The third kappa shape index (κ3) is 6.59. The molecule has 0 bridgehead atoms. The zero-order chi connectivity index (χ0) is 11.0. The van der Waals surface area contributed by atoms with Crippen molar-refractivity contribution >= 4 is 5.97 Å². The molecule has 0 rings (SSSR count). The SMILES string of the molecule is C=CC(=O)OOC(C)OC(C)OCC. The number of rotatable bonds is 7. The second-order valence-electron chi connectivity index (χ2n) is 2.43. The Morgan fingerprint density at radius 1 is 1.43 bits per heavy atom.